The molecular weight excluding hydrogens is 218 g/mol. The molecule has 92 valence electrons. The highest BCUT2D eigenvalue weighted by molar-refractivity contribution is 5.82. The molecule has 0 fully saturated rings. The summed E-state index contributed by atoms with van der Waals surface area (Å²) in [5.41, 5.74) is 0.753. The van der Waals surface area contributed by atoms with E-state index in [2.05, 4.69) is 6.58 Å². The lowest BCUT2D eigenvalue weighted by molar-refractivity contribution is -0.147. The molecule has 0 heterocycles. The van der Waals surface area contributed by atoms with Crippen LogP contribution in [0.1, 0.15) is 11.7 Å². The van der Waals surface area contributed by atoms with Crippen LogP contribution in [0.4, 0.5) is 0 Å². The molecule has 1 aromatic carbocycles. The van der Waals surface area contributed by atoms with E-state index < -0.39 is 12.3 Å². The van der Waals surface area contributed by atoms with Crippen LogP contribution in [0.3, 0.4) is 0 Å². The van der Waals surface area contributed by atoms with Crippen LogP contribution in [0, 0.1) is 0 Å². The van der Waals surface area contributed by atoms with Gasteiger partial charge in [-0.1, -0.05) is 36.9 Å². The first-order chi connectivity index (χ1) is 8.11. The number of hydrogen-bond donors (Lipinski definition) is 1. The number of aliphatic hydroxyl groups excluding tert-OH is 1. The van der Waals surface area contributed by atoms with E-state index in [1.54, 1.807) is 12.1 Å². The van der Waals surface area contributed by atoms with E-state index in [0.717, 1.165) is 5.56 Å². The average Bonchev–Trinajstić information content (AvgIpc) is 2.38. The van der Waals surface area contributed by atoms with E-state index >= 15 is 0 Å². The topological polar surface area (TPSA) is 49.8 Å². The fourth-order valence-corrected chi connectivity index (χ4v) is 1.48. The van der Waals surface area contributed by atoms with Crippen molar-refractivity contribution in [3.8, 4) is 0 Å². The SMILES string of the molecule is C=CC(O)N(C)C(=O)C(OC)c1ccccc1. The molecule has 2 atom stereocenters. The molecule has 1 aromatic rings. The number of carbonyl (C=O) groups is 1. The third-order valence-electron chi connectivity index (χ3n) is 2.52. The summed E-state index contributed by atoms with van der Waals surface area (Å²) in [5.74, 6) is -0.314. The van der Waals surface area contributed by atoms with Gasteiger partial charge >= 0.3 is 0 Å². The van der Waals surface area contributed by atoms with Crippen LogP contribution in [0.25, 0.3) is 0 Å². The molecule has 4 heteroatoms. The van der Waals surface area contributed by atoms with Crippen LogP contribution in [0.5, 0.6) is 0 Å². The molecule has 1 amide bonds. The second-order valence-corrected chi connectivity index (χ2v) is 3.62. The number of rotatable bonds is 5. The number of amides is 1. The van der Waals surface area contributed by atoms with Gasteiger partial charge in [0.2, 0.25) is 0 Å². The number of carbonyl (C=O) groups excluding carboxylic acids is 1. The Hall–Kier alpha value is -1.65. The van der Waals surface area contributed by atoms with Gasteiger partial charge in [0.15, 0.2) is 6.10 Å². The zero-order chi connectivity index (χ0) is 12.8. The third-order valence-corrected chi connectivity index (χ3v) is 2.52. The predicted molar refractivity (Wildman–Crippen MR) is 65.2 cm³/mol. The Labute approximate surface area is 101 Å². The highest BCUT2D eigenvalue weighted by Crippen LogP contribution is 2.19. The molecule has 4 nitrogen and oxygen atoms in total. The van der Waals surface area contributed by atoms with Gasteiger partial charge < -0.3 is 14.7 Å². The van der Waals surface area contributed by atoms with Gasteiger partial charge in [-0.25, -0.2) is 0 Å². The minimum atomic E-state index is -1.01. The number of ether oxygens (including phenoxy) is 1. The summed E-state index contributed by atoms with van der Waals surface area (Å²) in [5, 5.41) is 9.52. The van der Waals surface area contributed by atoms with Crippen molar-refractivity contribution in [3.05, 3.63) is 48.6 Å². The lowest BCUT2D eigenvalue weighted by Gasteiger charge is -2.25. The largest absolute Gasteiger partial charge is 0.370 e. The molecule has 0 aromatic heterocycles. The smallest absolute Gasteiger partial charge is 0.258 e. The van der Waals surface area contributed by atoms with Crippen molar-refractivity contribution in [2.45, 2.75) is 12.3 Å². The Balaban J connectivity index is 2.88. The van der Waals surface area contributed by atoms with E-state index in [9.17, 15) is 9.90 Å². The number of hydrogen-bond acceptors (Lipinski definition) is 3. The molecule has 0 saturated heterocycles. The number of aliphatic hydroxyl groups is 1. The summed E-state index contributed by atoms with van der Waals surface area (Å²) in [6.07, 6.45) is -0.435. The Bertz CT molecular complexity index is 378. The number of likely N-dealkylation sites (N-methyl/N-ethyl adjacent to an activating group) is 1. The first-order valence-corrected chi connectivity index (χ1v) is 5.26. The summed E-state index contributed by atoms with van der Waals surface area (Å²) in [7, 11) is 2.97. The van der Waals surface area contributed by atoms with Crippen LogP contribution in [-0.2, 0) is 9.53 Å². The van der Waals surface area contributed by atoms with Crippen molar-refractivity contribution in [2.24, 2.45) is 0 Å². The molecule has 17 heavy (non-hydrogen) atoms. The summed E-state index contributed by atoms with van der Waals surface area (Å²) in [4.78, 5) is 13.3. The van der Waals surface area contributed by atoms with Gasteiger partial charge in [-0.2, -0.15) is 0 Å². The van der Waals surface area contributed by atoms with Crippen molar-refractivity contribution in [1.29, 1.82) is 0 Å². The zero-order valence-electron chi connectivity index (χ0n) is 10.0. The van der Waals surface area contributed by atoms with Crippen LogP contribution < -0.4 is 0 Å². The maximum Gasteiger partial charge on any atom is 0.258 e. The molecule has 0 radical (unpaired) electrons. The maximum absolute atomic E-state index is 12.1. The first-order valence-electron chi connectivity index (χ1n) is 5.26. The van der Waals surface area contributed by atoms with Crippen LogP contribution in [0.15, 0.2) is 43.0 Å². The second kappa shape index (κ2) is 6.18. The first kappa shape index (κ1) is 13.4. The van der Waals surface area contributed by atoms with E-state index in [-0.39, 0.29) is 5.91 Å². The van der Waals surface area contributed by atoms with Gasteiger partial charge in [-0.05, 0) is 11.6 Å². The van der Waals surface area contributed by atoms with Crippen molar-refractivity contribution < 1.29 is 14.6 Å². The van der Waals surface area contributed by atoms with Crippen molar-refractivity contribution >= 4 is 5.91 Å². The molecule has 0 spiro atoms. The van der Waals surface area contributed by atoms with Gasteiger partial charge in [0.05, 0.1) is 0 Å². The third kappa shape index (κ3) is 3.15. The number of nitrogens with zero attached hydrogens (tertiary/aromatic N) is 1. The van der Waals surface area contributed by atoms with E-state index in [0.29, 0.717) is 0 Å². The van der Waals surface area contributed by atoms with E-state index in [1.807, 2.05) is 18.2 Å². The number of benzene rings is 1. The normalized spacial score (nSPS) is 13.8. The molecule has 0 aliphatic heterocycles. The van der Waals surface area contributed by atoms with Crippen molar-refractivity contribution in [3.63, 3.8) is 0 Å². The highest BCUT2D eigenvalue weighted by Gasteiger charge is 2.25. The Kier molecular flexibility index (Phi) is 4.87. The molecule has 1 N–H and O–H groups in total. The quantitative estimate of drug-likeness (QED) is 0.619. The lowest BCUT2D eigenvalue weighted by Crippen LogP contribution is -2.39. The maximum atomic E-state index is 12.1. The fraction of sp³-hybridized carbons (Fsp3) is 0.308. The van der Waals surface area contributed by atoms with Crippen molar-refractivity contribution in [1.82, 2.24) is 4.90 Å². The summed E-state index contributed by atoms with van der Waals surface area (Å²) >= 11 is 0. The average molecular weight is 235 g/mol. The van der Waals surface area contributed by atoms with Gasteiger partial charge in [0.1, 0.15) is 6.23 Å². The Morgan fingerprint density at radius 3 is 2.53 bits per heavy atom. The lowest BCUT2D eigenvalue weighted by atomic mass is 10.1. The van der Waals surface area contributed by atoms with Gasteiger partial charge in [0, 0.05) is 14.2 Å². The van der Waals surface area contributed by atoms with Crippen molar-refractivity contribution in [2.75, 3.05) is 14.2 Å². The standard InChI is InChI=1S/C13H17NO3/c1-4-11(15)14(2)13(16)12(17-3)10-8-6-5-7-9-10/h4-9,11-12,15H,1H2,2-3H3. The van der Waals surface area contributed by atoms with Crippen LogP contribution in [-0.4, -0.2) is 36.3 Å². The molecule has 2 unspecified atom stereocenters. The minimum absolute atomic E-state index is 0.314. The second-order valence-electron chi connectivity index (χ2n) is 3.62. The summed E-state index contributed by atoms with van der Waals surface area (Å²) < 4.78 is 5.18. The number of methoxy groups -OCH3 is 1. The molecule has 0 aliphatic carbocycles. The monoisotopic (exact) mass is 235 g/mol. The Morgan fingerprint density at radius 2 is 2.06 bits per heavy atom. The van der Waals surface area contributed by atoms with E-state index in [4.69, 9.17) is 4.74 Å². The van der Waals surface area contributed by atoms with E-state index in [1.165, 1.54) is 25.1 Å². The highest BCUT2D eigenvalue weighted by atomic mass is 16.5. The van der Waals surface area contributed by atoms with Crippen LogP contribution in [0.2, 0.25) is 0 Å². The zero-order valence-corrected chi connectivity index (χ0v) is 10.0. The molecule has 0 saturated carbocycles. The summed E-state index contributed by atoms with van der Waals surface area (Å²) in [6.45, 7) is 3.44. The molecule has 1 rings (SSSR count). The Morgan fingerprint density at radius 1 is 1.47 bits per heavy atom. The predicted octanol–water partition coefficient (Wildman–Crippen LogP) is 1.34. The molecule has 0 aliphatic rings. The molecule has 0 bridgehead atoms. The molecular formula is C13H17NO3. The van der Waals surface area contributed by atoms with Gasteiger partial charge in [-0.15, -0.1) is 0 Å². The van der Waals surface area contributed by atoms with Crippen LogP contribution >= 0.6 is 0 Å². The van der Waals surface area contributed by atoms with Gasteiger partial charge in [0.25, 0.3) is 5.91 Å². The fourth-order valence-electron chi connectivity index (χ4n) is 1.48. The summed E-state index contributed by atoms with van der Waals surface area (Å²) in [6, 6.07) is 9.14. The minimum Gasteiger partial charge on any atom is -0.370 e. The van der Waals surface area contributed by atoms with Gasteiger partial charge in [-0.3, -0.25) is 4.79 Å².